The molecule has 0 saturated heterocycles. The number of nitrogens with zero attached hydrogens (tertiary/aromatic N) is 2. The molecule has 134 valence electrons. The second kappa shape index (κ2) is 7.38. The third-order valence-corrected chi connectivity index (χ3v) is 5.53. The number of ketones is 1. The van der Waals surface area contributed by atoms with Crippen LogP contribution in [0.4, 0.5) is 0 Å². The largest absolute Gasteiger partial charge is 0.396 e. The van der Waals surface area contributed by atoms with E-state index in [0.29, 0.717) is 12.3 Å². The Bertz CT molecular complexity index is 897. The van der Waals surface area contributed by atoms with Gasteiger partial charge in [0.15, 0.2) is 0 Å². The number of aliphatic hydroxyl groups is 1. The van der Waals surface area contributed by atoms with Crippen molar-refractivity contribution in [2.24, 2.45) is 11.8 Å². The molecule has 1 saturated carbocycles. The van der Waals surface area contributed by atoms with Gasteiger partial charge in [0.05, 0.1) is 6.20 Å². The number of aromatic amines is 1. The van der Waals surface area contributed by atoms with Gasteiger partial charge in [-0.15, -0.1) is 0 Å². The highest BCUT2D eigenvalue weighted by atomic mass is 16.3. The first-order chi connectivity index (χ1) is 12.7. The minimum atomic E-state index is 0.118. The Hall–Kier alpha value is -2.53. The lowest BCUT2D eigenvalue weighted by atomic mass is 9.79. The molecule has 26 heavy (non-hydrogen) atoms. The van der Waals surface area contributed by atoms with E-state index in [-0.39, 0.29) is 18.3 Å². The van der Waals surface area contributed by atoms with Crippen molar-refractivity contribution in [3.05, 3.63) is 48.5 Å². The molecule has 0 atom stereocenters. The van der Waals surface area contributed by atoms with Crippen molar-refractivity contribution in [2.45, 2.75) is 32.1 Å². The molecule has 2 N–H and O–H groups in total. The predicted octanol–water partition coefficient (Wildman–Crippen LogP) is 3.54. The molecule has 2 heterocycles. The Labute approximate surface area is 152 Å². The highest BCUT2D eigenvalue weighted by Gasteiger charge is 2.26. The Morgan fingerprint density at radius 2 is 1.92 bits per heavy atom. The molecule has 5 nitrogen and oxygen atoms in total. The lowest BCUT2D eigenvalue weighted by Crippen LogP contribution is -2.24. The van der Waals surface area contributed by atoms with Crippen molar-refractivity contribution in [1.82, 2.24) is 15.2 Å². The number of hydrogen-bond donors (Lipinski definition) is 2. The summed E-state index contributed by atoms with van der Waals surface area (Å²) >= 11 is 0. The van der Waals surface area contributed by atoms with Crippen molar-refractivity contribution in [3.63, 3.8) is 0 Å². The van der Waals surface area contributed by atoms with Crippen LogP contribution in [0.2, 0.25) is 0 Å². The highest BCUT2D eigenvalue weighted by molar-refractivity contribution is 5.88. The van der Waals surface area contributed by atoms with Crippen molar-refractivity contribution < 1.29 is 9.90 Å². The summed E-state index contributed by atoms with van der Waals surface area (Å²) in [6.07, 6.45) is 9.59. The third-order valence-electron chi connectivity index (χ3n) is 5.53. The molecule has 1 aliphatic rings. The van der Waals surface area contributed by atoms with E-state index in [1.54, 1.807) is 6.20 Å². The van der Waals surface area contributed by atoms with E-state index in [4.69, 9.17) is 0 Å². The van der Waals surface area contributed by atoms with Gasteiger partial charge in [-0.1, -0.05) is 12.1 Å². The summed E-state index contributed by atoms with van der Waals surface area (Å²) in [5.74, 6) is 0.769. The molecule has 4 rings (SSSR count). The van der Waals surface area contributed by atoms with Crippen LogP contribution in [-0.4, -0.2) is 32.7 Å². The number of nitrogens with one attached hydrogen (secondary N) is 1. The maximum atomic E-state index is 12.6. The Morgan fingerprint density at radius 3 is 2.65 bits per heavy atom. The number of carbonyl (C=O) groups is 1. The van der Waals surface area contributed by atoms with Crippen LogP contribution in [0.25, 0.3) is 21.9 Å². The van der Waals surface area contributed by atoms with Crippen molar-refractivity contribution >= 4 is 16.6 Å². The number of fused-ring (bicyclic) bond motifs is 1. The topological polar surface area (TPSA) is 78.9 Å². The number of carbonyl (C=O) groups excluding carboxylic acids is 1. The summed E-state index contributed by atoms with van der Waals surface area (Å²) in [7, 11) is 0. The SMILES string of the molecule is O=C(Cc1cc2cc(-c3cn[nH]c3)ccc2cn1)C1CCC(CO)CC1. The molecular weight excluding hydrogens is 326 g/mol. The Kier molecular flexibility index (Phi) is 4.80. The van der Waals surface area contributed by atoms with Crippen molar-refractivity contribution in [1.29, 1.82) is 0 Å². The molecule has 0 spiro atoms. The summed E-state index contributed by atoms with van der Waals surface area (Å²) in [6.45, 7) is 0.242. The summed E-state index contributed by atoms with van der Waals surface area (Å²) < 4.78 is 0. The van der Waals surface area contributed by atoms with Crippen LogP contribution < -0.4 is 0 Å². The smallest absolute Gasteiger partial charge is 0.141 e. The number of Topliss-reactive ketones (excluding diaryl/α,β-unsaturated/α-hetero) is 1. The van der Waals surface area contributed by atoms with Gasteiger partial charge in [0, 0.05) is 48.0 Å². The zero-order valence-electron chi connectivity index (χ0n) is 14.7. The number of benzene rings is 1. The van der Waals surface area contributed by atoms with Crippen LogP contribution in [0.5, 0.6) is 0 Å². The van der Waals surface area contributed by atoms with E-state index in [1.165, 1.54) is 0 Å². The Morgan fingerprint density at radius 1 is 1.08 bits per heavy atom. The van der Waals surface area contributed by atoms with Gasteiger partial charge in [-0.05, 0) is 54.7 Å². The third kappa shape index (κ3) is 3.53. The Balaban J connectivity index is 1.50. The molecule has 0 bridgehead atoms. The average Bonchev–Trinajstić information content (AvgIpc) is 3.22. The van der Waals surface area contributed by atoms with Gasteiger partial charge in [0.25, 0.3) is 0 Å². The summed E-state index contributed by atoms with van der Waals surface area (Å²) in [4.78, 5) is 17.1. The van der Waals surface area contributed by atoms with Crippen molar-refractivity contribution in [2.75, 3.05) is 6.61 Å². The monoisotopic (exact) mass is 349 g/mol. The van der Waals surface area contributed by atoms with Crippen molar-refractivity contribution in [3.8, 4) is 11.1 Å². The fraction of sp³-hybridized carbons (Fsp3) is 0.381. The molecule has 0 radical (unpaired) electrons. The number of aliphatic hydroxyl groups excluding tert-OH is 1. The van der Waals surface area contributed by atoms with Gasteiger partial charge in [0.2, 0.25) is 0 Å². The van der Waals surface area contributed by atoms with Crippen LogP contribution >= 0.6 is 0 Å². The normalized spacial score (nSPS) is 20.3. The molecule has 1 fully saturated rings. The molecule has 1 aromatic carbocycles. The zero-order valence-corrected chi connectivity index (χ0v) is 14.7. The second-order valence-electron chi connectivity index (χ2n) is 7.27. The maximum absolute atomic E-state index is 12.6. The van der Waals surface area contributed by atoms with Gasteiger partial charge in [0.1, 0.15) is 5.78 Å². The quantitative estimate of drug-likeness (QED) is 0.738. The highest BCUT2D eigenvalue weighted by Crippen LogP contribution is 2.30. The number of hydrogen-bond acceptors (Lipinski definition) is 4. The van der Waals surface area contributed by atoms with Gasteiger partial charge in [-0.2, -0.15) is 5.10 Å². The number of aromatic nitrogens is 3. The van der Waals surface area contributed by atoms with Gasteiger partial charge >= 0.3 is 0 Å². The lowest BCUT2D eigenvalue weighted by molar-refractivity contribution is -0.123. The van der Waals surface area contributed by atoms with Gasteiger partial charge in [-0.3, -0.25) is 14.9 Å². The van der Waals surface area contributed by atoms with E-state index < -0.39 is 0 Å². The number of rotatable bonds is 5. The van der Waals surface area contributed by atoms with Gasteiger partial charge in [-0.25, -0.2) is 0 Å². The number of pyridine rings is 1. The van der Waals surface area contributed by atoms with Gasteiger partial charge < -0.3 is 5.11 Å². The molecule has 5 heteroatoms. The zero-order chi connectivity index (χ0) is 17.9. The summed E-state index contributed by atoms with van der Waals surface area (Å²) in [6, 6.07) is 8.24. The lowest BCUT2D eigenvalue weighted by Gasteiger charge is -2.26. The van der Waals surface area contributed by atoms with E-state index in [0.717, 1.165) is 53.3 Å². The fourth-order valence-electron chi connectivity index (χ4n) is 3.86. The first-order valence-corrected chi connectivity index (χ1v) is 9.24. The van der Waals surface area contributed by atoms with Crippen LogP contribution in [0, 0.1) is 11.8 Å². The van der Waals surface area contributed by atoms with Crippen LogP contribution in [0.1, 0.15) is 31.4 Å². The molecule has 2 aromatic heterocycles. The van der Waals surface area contributed by atoms with Crippen LogP contribution in [0.15, 0.2) is 42.9 Å². The van der Waals surface area contributed by atoms with E-state index in [2.05, 4.69) is 27.3 Å². The molecule has 0 unspecified atom stereocenters. The maximum Gasteiger partial charge on any atom is 0.141 e. The standard InChI is InChI=1S/C21H23N3O2/c25-13-14-1-3-15(4-2-14)21(26)9-20-8-18-7-16(19-11-23-24-12-19)5-6-17(18)10-22-20/h5-8,10-12,14-15,25H,1-4,9,13H2,(H,23,24). The summed E-state index contributed by atoms with van der Waals surface area (Å²) in [5, 5.41) is 18.2. The average molecular weight is 349 g/mol. The molecular formula is C21H23N3O2. The van der Waals surface area contributed by atoms with Crippen LogP contribution in [-0.2, 0) is 11.2 Å². The van der Waals surface area contributed by atoms with Crippen LogP contribution in [0.3, 0.4) is 0 Å². The first-order valence-electron chi connectivity index (χ1n) is 9.24. The predicted molar refractivity (Wildman–Crippen MR) is 101 cm³/mol. The second-order valence-corrected chi connectivity index (χ2v) is 7.27. The van der Waals surface area contributed by atoms with E-state index >= 15 is 0 Å². The molecule has 0 amide bonds. The minimum absolute atomic E-state index is 0.118. The number of H-pyrrole nitrogens is 1. The minimum Gasteiger partial charge on any atom is -0.396 e. The molecule has 1 aliphatic carbocycles. The first kappa shape index (κ1) is 16.9. The van der Waals surface area contributed by atoms with E-state index in [1.807, 2.05) is 24.5 Å². The fourth-order valence-corrected chi connectivity index (χ4v) is 3.86. The summed E-state index contributed by atoms with van der Waals surface area (Å²) in [5.41, 5.74) is 2.97. The van der Waals surface area contributed by atoms with E-state index in [9.17, 15) is 9.90 Å². The molecule has 3 aromatic rings. The molecule has 0 aliphatic heterocycles.